The van der Waals surface area contributed by atoms with Gasteiger partial charge in [0.1, 0.15) is 5.75 Å². The minimum Gasteiger partial charge on any atom is -0.493 e. The fourth-order valence-corrected chi connectivity index (χ4v) is 2.16. The van der Waals surface area contributed by atoms with Crippen molar-refractivity contribution in [1.29, 1.82) is 0 Å². The van der Waals surface area contributed by atoms with Gasteiger partial charge < -0.3 is 14.8 Å². The van der Waals surface area contributed by atoms with Gasteiger partial charge in [0.25, 0.3) is 0 Å². The predicted octanol–water partition coefficient (Wildman–Crippen LogP) is 2.57. The molecule has 0 aromatic heterocycles. The molecule has 0 aliphatic carbocycles. The second-order valence-corrected chi connectivity index (χ2v) is 5.26. The zero-order chi connectivity index (χ0) is 14.6. The van der Waals surface area contributed by atoms with E-state index >= 15 is 0 Å². The maximum atomic E-state index is 5.95. The summed E-state index contributed by atoms with van der Waals surface area (Å²) in [4.78, 5) is 0. The van der Waals surface area contributed by atoms with Gasteiger partial charge in [0, 0.05) is 7.11 Å². The highest BCUT2D eigenvalue weighted by Gasteiger charge is 2.09. The molecule has 0 radical (unpaired) electrons. The lowest BCUT2D eigenvalue weighted by Gasteiger charge is -2.15. The second-order valence-electron chi connectivity index (χ2n) is 5.26. The van der Waals surface area contributed by atoms with Crippen molar-refractivity contribution in [1.82, 2.24) is 0 Å². The molecule has 3 nitrogen and oxygen atoms in total. The Bertz CT molecular complexity index is 355. The quantitative estimate of drug-likeness (QED) is 0.632. The van der Waals surface area contributed by atoms with Crippen LogP contribution in [0.25, 0.3) is 0 Å². The summed E-state index contributed by atoms with van der Waals surface area (Å²) < 4.78 is 11.0. The van der Waals surface area contributed by atoms with Crippen molar-refractivity contribution in [3.05, 3.63) is 29.8 Å². The summed E-state index contributed by atoms with van der Waals surface area (Å²) in [6.45, 7) is 8.32. The van der Waals surface area contributed by atoms with Crippen molar-refractivity contribution in [3.63, 3.8) is 0 Å². The summed E-state index contributed by atoms with van der Waals surface area (Å²) >= 11 is 0. The number of para-hydroxylation sites is 1. The molecule has 0 saturated carbocycles. The van der Waals surface area contributed by atoms with Gasteiger partial charge >= 0.3 is 0 Å². The van der Waals surface area contributed by atoms with E-state index in [-0.39, 0.29) is 0 Å². The molecule has 1 rings (SSSR count). The predicted molar refractivity (Wildman–Crippen MR) is 83.4 cm³/mol. The maximum Gasteiger partial charge on any atom is 0.122 e. The average molecular weight is 280 g/mol. The molecular weight excluding hydrogens is 250 g/mol. The Morgan fingerprint density at radius 3 is 2.65 bits per heavy atom. The zero-order valence-corrected chi connectivity index (χ0v) is 13.2. The van der Waals surface area contributed by atoms with E-state index in [9.17, 15) is 0 Å². The molecule has 0 heterocycles. The first-order valence-corrected chi connectivity index (χ1v) is 7.81. The number of rotatable bonds is 11. The Hall–Kier alpha value is -1.06. The van der Waals surface area contributed by atoms with Gasteiger partial charge in [-0.05, 0) is 36.8 Å². The fourth-order valence-electron chi connectivity index (χ4n) is 2.16. The van der Waals surface area contributed by atoms with E-state index in [4.69, 9.17) is 9.47 Å². The Morgan fingerprint density at radius 2 is 1.90 bits per heavy atom. The van der Waals surface area contributed by atoms with Crippen LogP contribution in [0.5, 0.6) is 5.75 Å². The van der Waals surface area contributed by atoms with Crippen LogP contribution in [0.4, 0.5) is 0 Å². The van der Waals surface area contributed by atoms with Crippen molar-refractivity contribution in [2.24, 2.45) is 0 Å². The number of benzene rings is 1. The zero-order valence-electron chi connectivity index (χ0n) is 13.2. The number of hydrogen-bond donors (Lipinski definition) is 1. The number of ether oxygens (including phenoxy) is 2. The van der Waals surface area contributed by atoms with E-state index in [0.717, 1.165) is 44.9 Å². The minimum absolute atomic E-state index is 0.563. The Balaban J connectivity index is 2.22. The third-order valence-electron chi connectivity index (χ3n) is 3.65. The summed E-state index contributed by atoms with van der Waals surface area (Å²) in [5, 5.41) is 2.30. The molecule has 2 N–H and O–H groups in total. The Kier molecular flexibility index (Phi) is 9.09. The van der Waals surface area contributed by atoms with E-state index < -0.39 is 0 Å². The number of nitrogens with two attached hydrogens (primary N) is 1. The van der Waals surface area contributed by atoms with Crippen LogP contribution < -0.4 is 10.1 Å². The van der Waals surface area contributed by atoms with Crippen LogP contribution in [-0.4, -0.2) is 33.4 Å². The molecule has 1 atom stereocenters. The molecule has 0 fully saturated rings. The highest BCUT2D eigenvalue weighted by molar-refractivity contribution is 5.35. The Morgan fingerprint density at radius 1 is 1.10 bits per heavy atom. The third kappa shape index (κ3) is 6.40. The number of methoxy groups -OCH3 is 1. The van der Waals surface area contributed by atoms with Crippen LogP contribution in [-0.2, 0) is 4.74 Å². The molecule has 0 aliphatic heterocycles. The van der Waals surface area contributed by atoms with E-state index in [1.165, 1.54) is 12.0 Å². The highest BCUT2D eigenvalue weighted by atomic mass is 16.5. The van der Waals surface area contributed by atoms with Crippen molar-refractivity contribution >= 4 is 0 Å². The fraction of sp³-hybridized carbons (Fsp3) is 0.647. The van der Waals surface area contributed by atoms with Gasteiger partial charge in [0.15, 0.2) is 0 Å². The van der Waals surface area contributed by atoms with E-state index in [2.05, 4.69) is 43.4 Å². The molecule has 20 heavy (non-hydrogen) atoms. The summed E-state index contributed by atoms with van der Waals surface area (Å²) in [6.07, 6.45) is 3.45. The van der Waals surface area contributed by atoms with Gasteiger partial charge in [-0.25, -0.2) is 0 Å². The maximum absolute atomic E-state index is 5.95. The van der Waals surface area contributed by atoms with Gasteiger partial charge in [-0.15, -0.1) is 0 Å². The summed E-state index contributed by atoms with van der Waals surface area (Å²) in [7, 11) is 1.75. The lowest BCUT2D eigenvalue weighted by molar-refractivity contribution is -0.656. The number of hydrogen-bond acceptors (Lipinski definition) is 2. The summed E-state index contributed by atoms with van der Waals surface area (Å²) in [6, 6.07) is 8.42. The summed E-state index contributed by atoms with van der Waals surface area (Å²) in [5.74, 6) is 1.62. The van der Waals surface area contributed by atoms with Gasteiger partial charge in [0.2, 0.25) is 0 Å². The normalized spacial score (nSPS) is 12.3. The van der Waals surface area contributed by atoms with Crippen molar-refractivity contribution in [2.45, 2.75) is 39.0 Å². The first kappa shape index (κ1) is 17.0. The largest absolute Gasteiger partial charge is 0.493 e. The van der Waals surface area contributed by atoms with Crippen molar-refractivity contribution in [3.8, 4) is 5.75 Å². The molecule has 0 spiro atoms. The highest BCUT2D eigenvalue weighted by Crippen LogP contribution is 2.28. The van der Waals surface area contributed by atoms with Crippen LogP contribution >= 0.6 is 0 Å². The molecule has 114 valence electrons. The SMILES string of the molecule is CC[C@@H](C)c1ccccc1OCCCC[NH2+]CCOC. The molecular formula is C17H30NO2+. The third-order valence-corrected chi connectivity index (χ3v) is 3.65. The van der Waals surface area contributed by atoms with E-state index in [1.54, 1.807) is 7.11 Å². The smallest absolute Gasteiger partial charge is 0.122 e. The average Bonchev–Trinajstić information content (AvgIpc) is 2.49. The topological polar surface area (TPSA) is 35.1 Å². The van der Waals surface area contributed by atoms with Crippen LogP contribution in [0.1, 0.15) is 44.6 Å². The van der Waals surface area contributed by atoms with Gasteiger partial charge in [-0.1, -0.05) is 32.0 Å². The van der Waals surface area contributed by atoms with Gasteiger partial charge in [-0.3, -0.25) is 0 Å². The number of quaternary nitrogens is 1. The lowest BCUT2D eigenvalue weighted by atomic mass is 9.98. The number of unbranched alkanes of at least 4 members (excludes halogenated alkanes) is 1. The van der Waals surface area contributed by atoms with Crippen molar-refractivity contribution < 1.29 is 14.8 Å². The monoisotopic (exact) mass is 280 g/mol. The van der Waals surface area contributed by atoms with Crippen LogP contribution in [0.3, 0.4) is 0 Å². The Labute approximate surface area is 123 Å². The molecule has 1 aromatic rings. The van der Waals surface area contributed by atoms with Crippen LogP contribution in [0.2, 0.25) is 0 Å². The first-order valence-electron chi connectivity index (χ1n) is 7.81. The molecule has 1 aromatic carbocycles. The lowest BCUT2D eigenvalue weighted by Crippen LogP contribution is -2.85. The van der Waals surface area contributed by atoms with Crippen molar-refractivity contribution in [2.75, 3.05) is 33.4 Å². The molecule has 0 saturated heterocycles. The molecule has 0 bridgehead atoms. The van der Waals surface area contributed by atoms with E-state index in [0.29, 0.717) is 5.92 Å². The molecule has 3 heteroatoms. The van der Waals surface area contributed by atoms with Crippen LogP contribution in [0.15, 0.2) is 24.3 Å². The minimum atomic E-state index is 0.563. The standard InChI is InChI=1S/C17H29NO2/c1-4-15(2)16-9-5-6-10-17(16)20-13-8-7-11-18-12-14-19-3/h5-6,9-10,15,18H,4,7-8,11-14H2,1-3H3/p+1/t15-/m1/s1. The van der Waals surface area contributed by atoms with Gasteiger partial charge in [0.05, 0.1) is 26.3 Å². The molecule has 0 aliphatic rings. The second kappa shape index (κ2) is 10.7. The van der Waals surface area contributed by atoms with E-state index in [1.807, 2.05) is 0 Å². The van der Waals surface area contributed by atoms with Gasteiger partial charge in [-0.2, -0.15) is 0 Å². The van der Waals surface area contributed by atoms with Crippen LogP contribution in [0, 0.1) is 0 Å². The molecule has 0 amide bonds. The summed E-state index contributed by atoms with van der Waals surface area (Å²) in [5.41, 5.74) is 1.33. The first-order chi connectivity index (χ1) is 9.79. The molecule has 0 unspecified atom stereocenters.